The first-order valence-electron chi connectivity index (χ1n) is 6.23. The molecule has 0 fully saturated rings. The fourth-order valence-corrected chi connectivity index (χ4v) is 2.07. The van der Waals surface area contributed by atoms with Crippen molar-refractivity contribution in [1.29, 1.82) is 0 Å². The molecule has 0 aliphatic carbocycles. The Kier molecular flexibility index (Phi) is 3.64. The maximum Gasteiger partial charge on any atom is 0.270 e. The summed E-state index contributed by atoms with van der Waals surface area (Å²) in [5, 5.41) is 11.5. The molecule has 100 valence electrons. The van der Waals surface area contributed by atoms with E-state index >= 15 is 0 Å². The van der Waals surface area contributed by atoms with Gasteiger partial charge in [0.25, 0.3) is 5.69 Å². The molecule has 0 bridgehead atoms. The first-order chi connectivity index (χ1) is 8.97. The van der Waals surface area contributed by atoms with Crippen LogP contribution >= 0.6 is 0 Å². The third-order valence-corrected chi connectivity index (χ3v) is 2.90. The van der Waals surface area contributed by atoms with Gasteiger partial charge in [0.05, 0.1) is 10.4 Å². The summed E-state index contributed by atoms with van der Waals surface area (Å²) < 4.78 is 0. The van der Waals surface area contributed by atoms with Crippen LogP contribution in [0.15, 0.2) is 30.3 Å². The summed E-state index contributed by atoms with van der Waals surface area (Å²) in [4.78, 5) is 16.9. The number of rotatable bonds is 4. The minimum absolute atomic E-state index is 0.0950. The Morgan fingerprint density at radius 3 is 2.68 bits per heavy atom. The molecule has 0 radical (unpaired) electrons. The first-order valence-corrected chi connectivity index (χ1v) is 6.23. The van der Waals surface area contributed by atoms with Crippen LogP contribution in [0.1, 0.15) is 13.8 Å². The van der Waals surface area contributed by atoms with Crippen LogP contribution in [-0.2, 0) is 0 Å². The Bertz CT molecular complexity index is 611. The summed E-state index contributed by atoms with van der Waals surface area (Å²) in [7, 11) is 2.00. The molecule has 0 N–H and O–H groups in total. The van der Waals surface area contributed by atoms with E-state index in [1.165, 1.54) is 6.07 Å². The van der Waals surface area contributed by atoms with Gasteiger partial charge in [0, 0.05) is 31.1 Å². The SMILES string of the molecule is CC(C)CN(C)c1ccc2cc([N+](=O)[O-])ccc2n1. The van der Waals surface area contributed by atoms with Gasteiger partial charge in [-0.15, -0.1) is 0 Å². The van der Waals surface area contributed by atoms with E-state index in [4.69, 9.17) is 0 Å². The number of aromatic nitrogens is 1. The predicted octanol–water partition coefficient (Wildman–Crippen LogP) is 3.24. The van der Waals surface area contributed by atoms with Gasteiger partial charge >= 0.3 is 0 Å². The van der Waals surface area contributed by atoms with E-state index in [9.17, 15) is 10.1 Å². The standard InChI is InChI=1S/C14H17N3O2/c1-10(2)9-16(3)14-7-4-11-8-12(17(18)19)5-6-13(11)15-14/h4-8,10H,9H2,1-3H3. The van der Waals surface area contributed by atoms with E-state index in [2.05, 4.69) is 23.7 Å². The number of nitro groups is 1. The highest BCUT2D eigenvalue weighted by molar-refractivity contribution is 5.82. The molecule has 0 atom stereocenters. The largest absolute Gasteiger partial charge is 0.359 e. The van der Waals surface area contributed by atoms with Gasteiger partial charge in [-0.2, -0.15) is 0 Å². The molecule has 2 aromatic rings. The summed E-state index contributed by atoms with van der Waals surface area (Å²) in [6.45, 7) is 5.23. The fraction of sp³-hybridized carbons (Fsp3) is 0.357. The molecular weight excluding hydrogens is 242 g/mol. The van der Waals surface area contributed by atoms with Gasteiger partial charge in [-0.1, -0.05) is 13.8 Å². The number of nitro benzene ring substituents is 1. The molecule has 19 heavy (non-hydrogen) atoms. The fourth-order valence-electron chi connectivity index (χ4n) is 2.07. The van der Waals surface area contributed by atoms with Crippen molar-refractivity contribution in [3.63, 3.8) is 0 Å². The number of anilines is 1. The highest BCUT2D eigenvalue weighted by Gasteiger charge is 2.09. The van der Waals surface area contributed by atoms with Crippen molar-refractivity contribution >= 4 is 22.4 Å². The van der Waals surface area contributed by atoms with Crippen molar-refractivity contribution in [2.45, 2.75) is 13.8 Å². The van der Waals surface area contributed by atoms with Crippen LogP contribution in [0.3, 0.4) is 0 Å². The second kappa shape index (κ2) is 5.22. The molecule has 0 saturated heterocycles. The van der Waals surface area contributed by atoms with Gasteiger partial charge in [0.15, 0.2) is 0 Å². The number of nitrogens with zero attached hydrogens (tertiary/aromatic N) is 3. The molecule has 2 rings (SSSR count). The summed E-state index contributed by atoms with van der Waals surface area (Å²) in [5.41, 5.74) is 0.872. The predicted molar refractivity (Wildman–Crippen MR) is 76.5 cm³/mol. The van der Waals surface area contributed by atoms with Crippen molar-refractivity contribution in [2.75, 3.05) is 18.5 Å². The second-order valence-electron chi connectivity index (χ2n) is 5.08. The van der Waals surface area contributed by atoms with Crippen LogP contribution < -0.4 is 4.90 Å². The molecular formula is C14H17N3O2. The molecule has 0 unspecified atom stereocenters. The molecule has 1 heterocycles. The van der Waals surface area contributed by atoms with E-state index in [1.807, 2.05) is 19.2 Å². The van der Waals surface area contributed by atoms with Gasteiger partial charge in [-0.05, 0) is 24.1 Å². The highest BCUT2D eigenvalue weighted by Crippen LogP contribution is 2.22. The zero-order valence-electron chi connectivity index (χ0n) is 11.3. The second-order valence-corrected chi connectivity index (χ2v) is 5.08. The van der Waals surface area contributed by atoms with Crippen LogP contribution in [0.2, 0.25) is 0 Å². The Morgan fingerprint density at radius 2 is 2.05 bits per heavy atom. The van der Waals surface area contributed by atoms with Crippen molar-refractivity contribution in [2.24, 2.45) is 5.92 Å². The molecule has 0 spiro atoms. The lowest BCUT2D eigenvalue weighted by atomic mass is 10.2. The van der Waals surface area contributed by atoms with Crippen LogP contribution in [0.25, 0.3) is 10.9 Å². The van der Waals surface area contributed by atoms with Crippen molar-refractivity contribution in [1.82, 2.24) is 4.98 Å². The lowest BCUT2D eigenvalue weighted by Gasteiger charge is -2.20. The molecule has 0 aliphatic heterocycles. The van der Waals surface area contributed by atoms with Gasteiger partial charge in [0.2, 0.25) is 0 Å². The zero-order valence-corrected chi connectivity index (χ0v) is 11.3. The lowest BCUT2D eigenvalue weighted by molar-refractivity contribution is -0.384. The number of fused-ring (bicyclic) bond motifs is 1. The maximum atomic E-state index is 10.7. The van der Waals surface area contributed by atoms with Crippen LogP contribution in [0.4, 0.5) is 11.5 Å². The Labute approximate surface area is 112 Å². The third-order valence-electron chi connectivity index (χ3n) is 2.90. The van der Waals surface area contributed by atoms with Crippen molar-refractivity contribution < 1.29 is 4.92 Å². The quantitative estimate of drug-likeness (QED) is 0.624. The number of non-ortho nitro benzene ring substituents is 1. The smallest absolute Gasteiger partial charge is 0.270 e. The Hall–Kier alpha value is -2.17. The molecule has 0 aliphatic rings. The summed E-state index contributed by atoms with van der Waals surface area (Å²) in [6.07, 6.45) is 0. The summed E-state index contributed by atoms with van der Waals surface area (Å²) >= 11 is 0. The molecule has 1 aromatic heterocycles. The molecule has 0 amide bonds. The first kappa shape index (κ1) is 13.3. The lowest BCUT2D eigenvalue weighted by Crippen LogP contribution is -2.23. The minimum atomic E-state index is -0.391. The third kappa shape index (κ3) is 2.99. The number of pyridine rings is 1. The van der Waals surface area contributed by atoms with Gasteiger partial charge in [0.1, 0.15) is 5.82 Å². The Balaban J connectivity index is 2.36. The van der Waals surface area contributed by atoms with Crippen molar-refractivity contribution in [3.8, 4) is 0 Å². The molecule has 5 heteroatoms. The van der Waals surface area contributed by atoms with Gasteiger partial charge < -0.3 is 4.90 Å². The van der Waals surface area contributed by atoms with E-state index in [1.54, 1.807) is 12.1 Å². The molecule has 1 aromatic carbocycles. The van der Waals surface area contributed by atoms with Crippen LogP contribution in [0.5, 0.6) is 0 Å². The van der Waals surface area contributed by atoms with Gasteiger partial charge in [-0.3, -0.25) is 10.1 Å². The highest BCUT2D eigenvalue weighted by atomic mass is 16.6. The Morgan fingerprint density at radius 1 is 1.32 bits per heavy atom. The number of benzene rings is 1. The summed E-state index contributed by atoms with van der Waals surface area (Å²) in [6, 6.07) is 8.51. The number of hydrogen-bond donors (Lipinski definition) is 0. The van der Waals surface area contributed by atoms with E-state index in [0.29, 0.717) is 5.92 Å². The van der Waals surface area contributed by atoms with Crippen LogP contribution in [-0.4, -0.2) is 23.5 Å². The average Bonchev–Trinajstić information content (AvgIpc) is 2.36. The zero-order chi connectivity index (χ0) is 14.0. The van der Waals surface area contributed by atoms with E-state index < -0.39 is 4.92 Å². The monoisotopic (exact) mass is 259 g/mol. The van der Waals surface area contributed by atoms with Crippen LogP contribution in [0, 0.1) is 16.0 Å². The summed E-state index contributed by atoms with van der Waals surface area (Å²) in [5.74, 6) is 1.44. The van der Waals surface area contributed by atoms with Crippen molar-refractivity contribution in [3.05, 3.63) is 40.4 Å². The minimum Gasteiger partial charge on any atom is -0.359 e. The average molecular weight is 259 g/mol. The van der Waals surface area contributed by atoms with E-state index in [-0.39, 0.29) is 5.69 Å². The van der Waals surface area contributed by atoms with Gasteiger partial charge in [-0.25, -0.2) is 4.98 Å². The topological polar surface area (TPSA) is 59.3 Å². The molecule has 0 saturated carbocycles. The van der Waals surface area contributed by atoms with E-state index in [0.717, 1.165) is 23.3 Å². The number of hydrogen-bond acceptors (Lipinski definition) is 4. The molecule has 5 nitrogen and oxygen atoms in total. The normalized spacial score (nSPS) is 10.9. The maximum absolute atomic E-state index is 10.7.